The Kier molecular flexibility index (Phi) is 2.48. The molecule has 0 spiro atoms. The Hall–Kier alpha value is -0.590. The summed E-state index contributed by atoms with van der Waals surface area (Å²) >= 11 is 0. The number of nitrogens with zero attached hydrogens (tertiary/aromatic N) is 1. The molecule has 1 aliphatic heterocycles. The molecule has 62 valence electrons. The second-order valence-corrected chi connectivity index (χ2v) is 3.18. The first-order valence-corrected chi connectivity index (χ1v) is 4.05. The first-order valence-electron chi connectivity index (χ1n) is 4.05. The highest BCUT2D eigenvalue weighted by molar-refractivity contribution is 5.06. The van der Waals surface area contributed by atoms with Gasteiger partial charge < -0.3 is 10.4 Å². The summed E-state index contributed by atoms with van der Waals surface area (Å²) in [6, 6.07) is 2.16. The van der Waals surface area contributed by atoms with Crippen molar-refractivity contribution >= 4 is 0 Å². The molecule has 3 nitrogen and oxygen atoms in total. The third-order valence-electron chi connectivity index (χ3n) is 2.24. The van der Waals surface area contributed by atoms with Gasteiger partial charge in [0.1, 0.15) is 5.60 Å². The molecule has 0 amide bonds. The van der Waals surface area contributed by atoms with Gasteiger partial charge in [0, 0.05) is 13.1 Å². The molecule has 0 radical (unpaired) electrons. The second-order valence-electron chi connectivity index (χ2n) is 3.18. The van der Waals surface area contributed by atoms with Gasteiger partial charge in [-0.05, 0) is 6.42 Å². The van der Waals surface area contributed by atoms with Crippen molar-refractivity contribution in [3.8, 4) is 6.07 Å². The Bertz CT molecular complexity index is 169. The van der Waals surface area contributed by atoms with E-state index in [0.717, 1.165) is 12.8 Å². The highest BCUT2D eigenvalue weighted by atomic mass is 16.3. The van der Waals surface area contributed by atoms with Crippen molar-refractivity contribution in [1.29, 1.82) is 5.26 Å². The predicted octanol–water partition coefficient (Wildman–Crippen LogP) is 0.261. The van der Waals surface area contributed by atoms with Crippen LogP contribution >= 0.6 is 0 Å². The van der Waals surface area contributed by atoms with Gasteiger partial charge in [-0.2, -0.15) is 5.26 Å². The molecule has 11 heavy (non-hydrogen) atoms. The van der Waals surface area contributed by atoms with Gasteiger partial charge in [-0.3, -0.25) is 0 Å². The molecule has 0 aromatic carbocycles. The second kappa shape index (κ2) is 3.21. The van der Waals surface area contributed by atoms with E-state index in [0.29, 0.717) is 13.1 Å². The Balaban J connectivity index is 2.48. The number of β-amino-alcohol motifs (C(OH)–C–C–N with tert-alkyl or cyclic N) is 1. The molecule has 1 rings (SSSR count). The Morgan fingerprint density at radius 2 is 2.36 bits per heavy atom. The molecule has 0 bridgehead atoms. The number of nitriles is 1. The van der Waals surface area contributed by atoms with E-state index >= 15 is 0 Å². The van der Waals surface area contributed by atoms with Crippen LogP contribution < -0.4 is 5.32 Å². The van der Waals surface area contributed by atoms with Gasteiger partial charge in [0.25, 0.3) is 0 Å². The highest BCUT2D eigenvalue weighted by Crippen LogP contribution is 2.25. The van der Waals surface area contributed by atoms with Crippen LogP contribution in [0, 0.1) is 17.2 Å². The van der Waals surface area contributed by atoms with Crippen LogP contribution in [-0.2, 0) is 0 Å². The normalized spacial score (nSPS) is 23.4. The Labute approximate surface area is 67.0 Å². The molecule has 1 heterocycles. The maximum absolute atomic E-state index is 9.72. The smallest absolute Gasteiger partial charge is 0.105 e. The van der Waals surface area contributed by atoms with Crippen LogP contribution in [0.15, 0.2) is 0 Å². The number of aliphatic hydroxyl groups is 1. The molecule has 0 aromatic heterocycles. The summed E-state index contributed by atoms with van der Waals surface area (Å²) in [6.45, 7) is 3.18. The van der Waals surface area contributed by atoms with E-state index in [9.17, 15) is 5.11 Å². The molecule has 2 N–H and O–H groups in total. The standard InChI is InChI=1S/C8H14N2O/c1-2-3-7(4-9)8(11)5-10-6-8/h7,10-11H,2-3,5-6H2,1H3. The van der Waals surface area contributed by atoms with Crippen LogP contribution in [0.25, 0.3) is 0 Å². The van der Waals surface area contributed by atoms with Crippen LogP contribution in [0.1, 0.15) is 19.8 Å². The Morgan fingerprint density at radius 1 is 1.73 bits per heavy atom. The molecule has 0 saturated carbocycles. The highest BCUT2D eigenvalue weighted by Gasteiger charge is 2.41. The van der Waals surface area contributed by atoms with Crippen molar-refractivity contribution in [3.05, 3.63) is 0 Å². The average Bonchev–Trinajstić information content (AvgIpc) is 1.96. The van der Waals surface area contributed by atoms with Crippen LogP contribution in [0.3, 0.4) is 0 Å². The zero-order valence-corrected chi connectivity index (χ0v) is 6.80. The van der Waals surface area contributed by atoms with Gasteiger partial charge >= 0.3 is 0 Å². The van der Waals surface area contributed by atoms with Crippen molar-refractivity contribution in [2.45, 2.75) is 25.4 Å². The van der Waals surface area contributed by atoms with Crippen LogP contribution in [0.5, 0.6) is 0 Å². The number of hydrogen-bond donors (Lipinski definition) is 2. The lowest BCUT2D eigenvalue weighted by Crippen LogP contribution is -2.63. The minimum atomic E-state index is -0.731. The quantitative estimate of drug-likeness (QED) is 0.613. The maximum atomic E-state index is 9.72. The van der Waals surface area contributed by atoms with Gasteiger partial charge in [-0.15, -0.1) is 0 Å². The van der Waals surface area contributed by atoms with E-state index in [1.54, 1.807) is 0 Å². The van der Waals surface area contributed by atoms with E-state index in [1.165, 1.54) is 0 Å². The molecule has 1 saturated heterocycles. The summed E-state index contributed by atoms with van der Waals surface area (Å²) in [5.41, 5.74) is -0.731. The van der Waals surface area contributed by atoms with Crippen molar-refractivity contribution in [1.82, 2.24) is 5.32 Å². The molecular formula is C8H14N2O. The molecule has 0 aliphatic carbocycles. The zero-order chi connectivity index (χ0) is 8.32. The van der Waals surface area contributed by atoms with Crippen molar-refractivity contribution in [2.24, 2.45) is 5.92 Å². The van der Waals surface area contributed by atoms with Crippen LogP contribution in [0.4, 0.5) is 0 Å². The summed E-state index contributed by atoms with van der Waals surface area (Å²) < 4.78 is 0. The lowest BCUT2D eigenvalue weighted by atomic mass is 9.81. The minimum Gasteiger partial charge on any atom is -0.386 e. The first kappa shape index (κ1) is 8.51. The summed E-state index contributed by atoms with van der Waals surface area (Å²) in [5.74, 6) is -0.186. The molecule has 1 aliphatic rings. The molecule has 1 atom stereocenters. The van der Waals surface area contributed by atoms with E-state index in [-0.39, 0.29) is 5.92 Å². The molecule has 0 aromatic rings. The number of rotatable bonds is 3. The number of nitrogens with one attached hydrogen (secondary N) is 1. The monoisotopic (exact) mass is 154 g/mol. The lowest BCUT2D eigenvalue weighted by Gasteiger charge is -2.40. The van der Waals surface area contributed by atoms with Gasteiger partial charge in [-0.1, -0.05) is 13.3 Å². The van der Waals surface area contributed by atoms with E-state index in [4.69, 9.17) is 5.26 Å². The first-order chi connectivity index (χ1) is 5.23. The SMILES string of the molecule is CCCC(C#N)C1(O)CNC1. The van der Waals surface area contributed by atoms with Gasteiger partial charge in [0.05, 0.1) is 12.0 Å². The fourth-order valence-corrected chi connectivity index (χ4v) is 1.37. The van der Waals surface area contributed by atoms with Gasteiger partial charge in [0.2, 0.25) is 0 Å². The van der Waals surface area contributed by atoms with Crippen molar-refractivity contribution < 1.29 is 5.11 Å². The largest absolute Gasteiger partial charge is 0.386 e. The topological polar surface area (TPSA) is 56.0 Å². The third kappa shape index (κ3) is 1.52. The summed E-state index contributed by atoms with van der Waals surface area (Å²) in [5, 5.41) is 21.4. The lowest BCUT2D eigenvalue weighted by molar-refractivity contribution is -0.0458. The predicted molar refractivity (Wildman–Crippen MR) is 41.8 cm³/mol. The van der Waals surface area contributed by atoms with Gasteiger partial charge in [-0.25, -0.2) is 0 Å². The molecular weight excluding hydrogens is 140 g/mol. The summed E-state index contributed by atoms with van der Waals surface area (Å²) in [7, 11) is 0. The molecule has 1 fully saturated rings. The molecule has 1 unspecified atom stereocenters. The maximum Gasteiger partial charge on any atom is 0.105 e. The van der Waals surface area contributed by atoms with E-state index in [1.807, 2.05) is 6.92 Å². The summed E-state index contributed by atoms with van der Waals surface area (Å²) in [4.78, 5) is 0. The third-order valence-corrected chi connectivity index (χ3v) is 2.24. The molecule has 3 heteroatoms. The van der Waals surface area contributed by atoms with Crippen molar-refractivity contribution in [3.63, 3.8) is 0 Å². The Morgan fingerprint density at radius 3 is 2.64 bits per heavy atom. The van der Waals surface area contributed by atoms with Crippen LogP contribution in [-0.4, -0.2) is 23.8 Å². The average molecular weight is 154 g/mol. The van der Waals surface area contributed by atoms with Crippen LogP contribution in [0.2, 0.25) is 0 Å². The van der Waals surface area contributed by atoms with E-state index in [2.05, 4.69) is 11.4 Å². The minimum absolute atomic E-state index is 0.186. The number of hydrogen-bond acceptors (Lipinski definition) is 3. The van der Waals surface area contributed by atoms with Crippen molar-refractivity contribution in [2.75, 3.05) is 13.1 Å². The van der Waals surface area contributed by atoms with E-state index < -0.39 is 5.60 Å². The fourth-order valence-electron chi connectivity index (χ4n) is 1.37. The fraction of sp³-hybridized carbons (Fsp3) is 0.875. The summed E-state index contributed by atoms with van der Waals surface area (Å²) in [6.07, 6.45) is 1.76. The van der Waals surface area contributed by atoms with Gasteiger partial charge in [0.15, 0.2) is 0 Å². The zero-order valence-electron chi connectivity index (χ0n) is 6.80.